The van der Waals surface area contributed by atoms with Crippen molar-refractivity contribution in [1.82, 2.24) is 9.88 Å². The molecule has 3 nitrogen and oxygen atoms in total. The Balaban J connectivity index is 1.55. The lowest BCUT2D eigenvalue weighted by Crippen LogP contribution is -2.26. The molecule has 1 aliphatic rings. The lowest BCUT2D eigenvalue weighted by Gasteiger charge is -2.17. The van der Waals surface area contributed by atoms with E-state index in [4.69, 9.17) is 5.73 Å². The number of nitrogens with zero attached hydrogens (tertiary/aromatic N) is 2. The first-order valence-corrected chi connectivity index (χ1v) is 7.91. The van der Waals surface area contributed by atoms with E-state index in [2.05, 4.69) is 16.0 Å². The minimum atomic E-state index is -0.197. The highest BCUT2D eigenvalue weighted by Crippen LogP contribution is 2.24. The Morgan fingerprint density at radius 3 is 2.81 bits per heavy atom. The summed E-state index contributed by atoms with van der Waals surface area (Å²) in [5.41, 5.74) is 7.95. The van der Waals surface area contributed by atoms with Gasteiger partial charge in [0.05, 0.1) is 5.69 Å². The van der Waals surface area contributed by atoms with Crippen LogP contribution in [0.4, 0.5) is 9.52 Å². The normalized spacial score (nSPS) is 16.0. The van der Waals surface area contributed by atoms with E-state index in [1.54, 1.807) is 23.5 Å². The molecule has 0 saturated carbocycles. The lowest BCUT2D eigenvalue weighted by molar-refractivity contribution is 0.318. The zero-order valence-corrected chi connectivity index (χ0v) is 12.6. The van der Waals surface area contributed by atoms with Crippen LogP contribution in [-0.4, -0.2) is 29.5 Å². The Kier molecular flexibility index (Phi) is 4.31. The van der Waals surface area contributed by atoms with Gasteiger partial charge in [-0.05, 0) is 24.1 Å². The van der Waals surface area contributed by atoms with Gasteiger partial charge in [-0.2, -0.15) is 0 Å². The molecule has 0 unspecified atom stereocenters. The molecular weight excluding hydrogens is 285 g/mol. The molecule has 0 amide bonds. The molecule has 2 aromatic rings. The largest absolute Gasteiger partial charge is 0.375 e. The summed E-state index contributed by atoms with van der Waals surface area (Å²) < 4.78 is 12.8. The van der Waals surface area contributed by atoms with E-state index in [-0.39, 0.29) is 5.82 Å². The van der Waals surface area contributed by atoms with Crippen LogP contribution in [0.5, 0.6) is 0 Å². The Morgan fingerprint density at radius 2 is 2.00 bits per heavy atom. The van der Waals surface area contributed by atoms with Crippen molar-refractivity contribution in [2.75, 3.05) is 25.4 Å². The fourth-order valence-electron chi connectivity index (χ4n) is 2.52. The molecule has 0 aliphatic carbocycles. The van der Waals surface area contributed by atoms with Crippen LogP contribution in [0.1, 0.15) is 16.1 Å². The van der Waals surface area contributed by atoms with E-state index < -0.39 is 0 Å². The molecule has 0 saturated heterocycles. The highest BCUT2D eigenvalue weighted by Gasteiger charge is 2.16. The minimum Gasteiger partial charge on any atom is -0.375 e. The van der Waals surface area contributed by atoms with Crippen molar-refractivity contribution in [3.63, 3.8) is 0 Å². The van der Waals surface area contributed by atoms with Gasteiger partial charge >= 0.3 is 0 Å². The third-order valence-corrected chi connectivity index (χ3v) is 4.65. The van der Waals surface area contributed by atoms with Crippen LogP contribution in [0.2, 0.25) is 0 Å². The first kappa shape index (κ1) is 14.2. The van der Waals surface area contributed by atoms with E-state index in [0.717, 1.165) is 38.0 Å². The molecule has 0 radical (unpaired) electrons. The first-order valence-electron chi connectivity index (χ1n) is 7.09. The number of fused-ring (bicyclic) bond motifs is 1. The molecule has 3 rings (SSSR count). The van der Waals surface area contributed by atoms with Gasteiger partial charge in [-0.15, -0.1) is 11.3 Å². The van der Waals surface area contributed by atoms with Gasteiger partial charge in [0, 0.05) is 30.9 Å². The standard InChI is InChI=1S/C16H18FN3S/c17-13-5-3-12(4-6-13)2-1-9-20-10-7-14-15(8-11-20)21-16(18)19-14/h1-6H,7-11H2,(H2,18,19). The average Bonchev–Trinajstić information content (AvgIpc) is 2.73. The molecule has 1 aliphatic heterocycles. The van der Waals surface area contributed by atoms with Crippen molar-refractivity contribution in [2.45, 2.75) is 12.8 Å². The van der Waals surface area contributed by atoms with Crippen molar-refractivity contribution >= 4 is 22.5 Å². The molecule has 1 aromatic carbocycles. The first-order chi connectivity index (χ1) is 10.2. The highest BCUT2D eigenvalue weighted by molar-refractivity contribution is 7.15. The Labute approximate surface area is 127 Å². The second kappa shape index (κ2) is 6.37. The zero-order chi connectivity index (χ0) is 14.7. The number of hydrogen-bond donors (Lipinski definition) is 1. The molecule has 5 heteroatoms. The molecule has 0 atom stereocenters. The van der Waals surface area contributed by atoms with Crippen molar-refractivity contribution < 1.29 is 4.39 Å². The number of nitrogen functional groups attached to an aromatic ring is 1. The molecule has 110 valence electrons. The van der Waals surface area contributed by atoms with Crippen LogP contribution in [0.15, 0.2) is 30.3 Å². The number of nitrogens with two attached hydrogens (primary N) is 1. The average molecular weight is 303 g/mol. The summed E-state index contributed by atoms with van der Waals surface area (Å²) in [6.07, 6.45) is 6.16. The molecule has 21 heavy (non-hydrogen) atoms. The van der Waals surface area contributed by atoms with E-state index in [1.165, 1.54) is 22.7 Å². The summed E-state index contributed by atoms with van der Waals surface area (Å²) in [4.78, 5) is 8.14. The number of benzene rings is 1. The van der Waals surface area contributed by atoms with Gasteiger partial charge in [-0.1, -0.05) is 24.3 Å². The van der Waals surface area contributed by atoms with Gasteiger partial charge in [0.25, 0.3) is 0 Å². The minimum absolute atomic E-state index is 0.197. The monoisotopic (exact) mass is 303 g/mol. The summed E-state index contributed by atoms with van der Waals surface area (Å²) in [5, 5.41) is 0.685. The lowest BCUT2D eigenvalue weighted by atomic mass is 10.2. The van der Waals surface area contributed by atoms with Crippen LogP contribution in [0, 0.1) is 5.82 Å². The van der Waals surface area contributed by atoms with E-state index in [9.17, 15) is 4.39 Å². The van der Waals surface area contributed by atoms with E-state index >= 15 is 0 Å². The number of rotatable bonds is 3. The smallest absolute Gasteiger partial charge is 0.180 e. The third kappa shape index (κ3) is 3.68. The molecule has 1 aromatic heterocycles. The second-order valence-corrected chi connectivity index (χ2v) is 6.29. The maximum absolute atomic E-state index is 12.8. The molecule has 0 fully saturated rings. The van der Waals surface area contributed by atoms with Gasteiger partial charge in [0.15, 0.2) is 5.13 Å². The molecule has 2 N–H and O–H groups in total. The Bertz CT molecular complexity index is 608. The van der Waals surface area contributed by atoms with E-state index in [0.29, 0.717) is 5.13 Å². The molecule has 0 bridgehead atoms. The predicted octanol–water partition coefficient (Wildman–Crippen LogP) is 2.98. The van der Waals surface area contributed by atoms with Crippen molar-refractivity contribution in [1.29, 1.82) is 0 Å². The number of anilines is 1. The number of thiazole rings is 1. The predicted molar refractivity (Wildman–Crippen MR) is 85.8 cm³/mol. The summed E-state index contributed by atoms with van der Waals surface area (Å²) in [5.74, 6) is -0.197. The number of aromatic nitrogens is 1. The maximum atomic E-state index is 12.8. The van der Waals surface area contributed by atoms with Gasteiger partial charge in [-0.25, -0.2) is 9.37 Å². The van der Waals surface area contributed by atoms with E-state index in [1.807, 2.05) is 6.08 Å². The van der Waals surface area contributed by atoms with Crippen LogP contribution < -0.4 is 5.73 Å². The van der Waals surface area contributed by atoms with Crippen molar-refractivity contribution in [2.24, 2.45) is 0 Å². The fourth-order valence-corrected chi connectivity index (χ4v) is 3.39. The fraction of sp³-hybridized carbons (Fsp3) is 0.312. The van der Waals surface area contributed by atoms with Crippen LogP contribution in [0.3, 0.4) is 0 Å². The van der Waals surface area contributed by atoms with Crippen molar-refractivity contribution in [3.05, 3.63) is 52.3 Å². The molecular formula is C16H18FN3S. The summed E-state index contributed by atoms with van der Waals surface area (Å²) in [6, 6.07) is 6.55. The Hall–Kier alpha value is -1.72. The summed E-state index contributed by atoms with van der Waals surface area (Å²) >= 11 is 1.61. The second-order valence-electron chi connectivity index (χ2n) is 5.18. The number of hydrogen-bond acceptors (Lipinski definition) is 4. The Morgan fingerprint density at radius 1 is 1.24 bits per heavy atom. The summed E-state index contributed by atoms with van der Waals surface area (Å²) in [6.45, 7) is 2.94. The van der Waals surface area contributed by atoms with Gasteiger partial charge in [0.2, 0.25) is 0 Å². The zero-order valence-electron chi connectivity index (χ0n) is 11.8. The molecule has 0 spiro atoms. The topological polar surface area (TPSA) is 42.1 Å². The quantitative estimate of drug-likeness (QED) is 0.948. The van der Waals surface area contributed by atoms with Gasteiger partial charge in [-0.3, -0.25) is 4.90 Å². The van der Waals surface area contributed by atoms with Crippen LogP contribution in [0.25, 0.3) is 6.08 Å². The highest BCUT2D eigenvalue weighted by atomic mass is 32.1. The summed E-state index contributed by atoms with van der Waals surface area (Å²) in [7, 11) is 0. The van der Waals surface area contributed by atoms with Crippen LogP contribution >= 0.6 is 11.3 Å². The molecule has 2 heterocycles. The van der Waals surface area contributed by atoms with Crippen molar-refractivity contribution in [3.8, 4) is 0 Å². The van der Waals surface area contributed by atoms with Gasteiger partial charge in [0.1, 0.15) is 5.82 Å². The SMILES string of the molecule is Nc1nc2c(s1)CCN(CC=Cc1ccc(F)cc1)CC2. The third-order valence-electron chi connectivity index (χ3n) is 3.66. The number of halogens is 1. The maximum Gasteiger partial charge on any atom is 0.180 e. The van der Waals surface area contributed by atoms with Crippen LogP contribution in [-0.2, 0) is 12.8 Å². The van der Waals surface area contributed by atoms with Gasteiger partial charge < -0.3 is 5.73 Å².